The van der Waals surface area contributed by atoms with E-state index in [1.807, 2.05) is 0 Å². The Morgan fingerprint density at radius 2 is 2.06 bits per heavy atom. The fourth-order valence-electron chi connectivity index (χ4n) is 1.17. The quantitative estimate of drug-likeness (QED) is 0.870. The smallest absolute Gasteiger partial charge is 0.329 e. The van der Waals surface area contributed by atoms with Gasteiger partial charge in [0.25, 0.3) is 0 Å². The molecule has 0 bridgehead atoms. The predicted molar refractivity (Wildman–Crippen MR) is 67.2 cm³/mol. The van der Waals surface area contributed by atoms with E-state index in [9.17, 15) is 9.59 Å². The number of ether oxygens (including phenoxy) is 1. The number of benzene rings is 1. The van der Waals surface area contributed by atoms with Crippen LogP contribution in [0.3, 0.4) is 0 Å². The highest BCUT2D eigenvalue weighted by Gasteiger charge is 2.19. The minimum Gasteiger partial charge on any atom is -0.491 e. The van der Waals surface area contributed by atoms with Gasteiger partial charge in [0.05, 0.1) is 10.0 Å². The van der Waals surface area contributed by atoms with Crippen LogP contribution in [0, 0.1) is 0 Å². The van der Waals surface area contributed by atoms with Crippen molar-refractivity contribution in [3.8, 4) is 5.75 Å². The molecular formula is C11H11Cl2NO4. The Bertz CT molecular complexity index is 464. The molecule has 0 heterocycles. The predicted octanol–water partition coefficient (Wildman–Crippen LogP) is 1.96. The van der Waals surface area contributed by atoms with Gasteiger partial charge in [-0.05, 0) is 12.1 Å². The van der Waals surface area contributed by atoms with E-state index < -0.39 is 17.9 Å². The summed E-state index contributed by atoms with van der Waals surface area (Å²) in [6.07, 6.45) is 0. The Morgan fingerprint density at radius 1 is 1.39 bits per heavy atom. The van der Waals surface area contributed by atoms with Crippen LogP contribution >= 0.6 is 23.2 Å². The molecule has 0 fully saturated rings. The van der Waals surface area contributed by atoms with E-state index in [0.29, 0.717) is 15.8 Å². The van der Waals surface area contributed by atoms with Crippen LogP contribution in [0.15, 0.2) is 18.2 Å². The molecule has 5 nitrogen and oxygen atoms in total. The summed E-state index contributed by atoms with van der Waals surface area (Å²) in [6.45, 7) is 1.03. The Kier molecular flexibility index (Phi) is 5.25. The third kappa shape index (κ3) is 4.43. The summed E-state index contributed by atoms with van der Waals surface area (Å²) in [5.41, 5.74) is 0. The number of amides is 1. The lowest BCUT2D eigenvalue weighted by Gasteiger charge is -2.14. The lowest BCUT2D eigenvalue weighted by atomic mass is 10.3. The first-order chi connectivity index (χ1) is 8.40. The second-order valence-electron chi connectivity index (χ2n) is 3.48. The number of hydrogen-bond acceptors (Lipinski definition) is 3. The lowest BCUT2D eigenvalue weighted by Crippen LogP contribution is -2.43. The number of hydrogen-bond donors (Lipinski definition) is 2. The van der Waals surface area contributed by atoms with Gasteiger partial charge in [0, 0.05) is 13.0 Å². The van der Waals surface area contributed by atoms with Crippen molar-refractivity contribution in [3.05, 3.63) is 28.2 Å². The minimum atomic E-state index is -1.18. The second kappa shape index (κ2) is 6.47. The molecule has 1 rings (SSSR count). The number of carbonyl (C=O) groups is 2. The number of carbonyl (C=O) groups excluding carboxylic acids is 1. The van der Waals surface area contributed by atoms with E-state index in [1.165, 1.54) is 19.1 Å². The first kappa shape index (κ1) is 14.6. The largest absolute Gasteiger partial charge is 0.491 e. The first-order valence-corrected chi connectivity index (χ1v) is 5.73. The van der Waals surface area contributed by atoms with Crippen molar-refractivity contribution in [3.63, 3.8) is 0 Å². The summed E-state index contributed by atoms with van der Waals surface area (Å²) in [5, 5.41) is 11.8. The molecule has 2 N–H and O–H groups in total. The van der Waals surface area contributed by atoms with Gasteiger partial charge in [-0.1, -0.05) is 23.2 Å². The Hall–Kier alpha value is -1.46. The van der Waals surface area contributed by atoms with Gasteiger partial charge in [0.2, 0.25) is 5.91 Å². The third-order valence-electron chi connectivity index (χ3n) is 1.98. The number of rotatable bonds is 5. The number of carboxylic acids is 1. The van der Waals surface area contributed by atoms with Crippen LogP contribution in [0.2, 0.25) is 10.0 Å². The average molecular weight is 292 g/mol. The minimum absolute atomic E-state index is 0.202. The Morgan fingerprint density at radius 3 is 2.56 bits per heavy atom. The molecule has 0 spiro atoms. The molecule has 0 saturated heterocycles. The van der Waals surface area contributed by atoms with Crippen LogP contribution < -0.4 is 10.1 Å². The van der Waals surface area contributed by atoms with Gasteiger partial charge in [-0.2, -0.15) is 0 Å². The van der Waals surface area contributed by atoms with E-state index in [-0.39, 0.29) is 6.61 Å². The molecule has 0 saturated carbocycles. The Labute approximate surface area is 114 Å². The number of nitrogens with one attached hydrogen (secondary N) is 1. The summed E-state index contributed by atoms with van der Waals surface area (Å²) in [5.74, 6) is -1.24. The molecule has 0 radical (unpaired) electrons. The second-order valence-corrected chi connectivity index (χ2v) is 4.29. The molecule has 0 aliphatic carbocycles. The van der Waals surface area contributed by atoms with Gasteiger partial charge in [0.1, 0.15) is 12.4 Å². The van der Waals surface area contributed by atoms with Gasteiger partial charge in [-0.25, -0.2) is 4.79 Å². The fourth-order valence-corrected chi connectivity index (χ4v) is 1.45. The third-order valence-corrected chi connectivity index (χ3v) is 2.72. The maximum Gasteiger partial charge on any atom is 0.329 e. The van der Waals surface area contributed by atoms with Crippen LogP contribution in [0.5, 0.6) is 5.75 Å². The molecule has 98 valence electrons. The van der Waals surface area contributed by atoms with Crippen molar-refractivity contribution in [2.75, 3.05) is 6.61 Å². The van der Waals surface area contributed by atoms with E-state index in [1.54, 1.807) is 6.07 Å². The lowest BCUT2D eigenvalue weighted by molar-refractivity contribution is -0.142. The van der Waals surface area contributed by atoms with Crippen molar-refractivity contribution < 1.29 is 19.4 Å². The standard InChI is InChI=1S/C11H11Cl2NO4/c1-6(15)14-10(11(16)17)5-18-7-2-3-8(12)9(13)4-7/h2-4,10H,5H2,1H3,(H,14,15)(H,16,17). The molecule has 0 aliphatic rings. The maximum atomic E-state index is 10.8. The van der Waals surface area contributed by atoms with Gasteiger partial charge < -0.3 is 15.2 Å². The molecule has 1 aromatic rings. The van der Waals surface area contributed by atoms with Gasteiger partial charge in [-0.15, -0.1) is 0 Å². The molecule has 7 heteroatoms. The van der Waals surface area contributed by atoms with E-state index in [4.69, 9.17) is 33.0 Å². The first-order valence-electron chi connectivity index (χ1n) is 4.98. The SMILES string of the molecule is CC(=O)NC(COc1ccc(Cl)c(Cl)c1)C(=O)O. The molecule has 0 aromatic heterocycles. The summed E-state index contributed by atoms with van der Waals surface area (Å²) < 4.78 is 5.23. The number of halogens is 2. The van der Waals surface area contributed by atoms with Crippen LogP contribution in [0.25, 0.3) is 0 Å². The highest BCUT2D eigenvalue weighted by molar-refractivity contribution is 6.42. The normalized spacial score (nSPS) is 11.7. The zero-order valence-corrected chi connectivity index (χ0v) is 11.0. The molecule has 1 aromatic carbocycles. The maximum absolute atomic E-state index is 10.8. The van der Waals surface area contributed by atoms with Crippen molar-refractivity contribution in [1.29, 1.82) is 0 Å². The average Bonchev–Trinajstić information content (AvgIpc) is 2.28. The highest BCUT2D eigenvalue weighted by Crippen LogP contribution is 2.26. The van der Waals surface area contributed by atoms with Crippen molar-refractivity contribution in [2.24, 2.45) is 0 Å². The van der Waals surface area contributed by atoms with Crippen molar-refractivity contribution in [1.82, 2.24) is 5.32 Å². The van der Waals surface area contributed by atoms with E-state index >= 15 is 0 Å². The summed E-state index contributed by atoms with van der Waals surface area (Å²) in [7, 11) is 0. The van der Waals surface area contributed by atoms with E-state index in [0.717, 1.165) is 0 Å². The number of aliphatic carboxylic acids is 1. The molecule has 18 heavy (non-hydrogen) atoms. The zero-order valence-electron chi connectivity index (χ0n) is 9.44. The molecule has 1 atom stereocenters. The summed E-state index contributed by atoms with van der Waals surface area (Å²) in [6, 6.07) is 3.45. The molecule has 0 aliphatic heterocycles. The molecule has 1 unspecified atom stereocenters. The summed E-state index contributed by atoms with van der Waals surface area (Å²) >= 11 is 11.5. The van der Waals surface area contributed by atoms with Gasteiger partial charge >= 0.3 is 5.97 Å². The van der Waals surface area contributed by atoms with Gasteiger partial charge in [0.15, 0.2) is 6.04 Å². The Balaban J connectivity index is 2.64. The molecule has 1 amide bonds. The number of carboxylic acid groups (broad SMARTS) is 1. The monoisotopic (exact) mass is 291 g/mol. The van der Waals surface area contributed by atoms with Crippen LogP contribution in [0.4, 0.5) is 0 Å². The molecular weight excluding hydrogens is 281 g/mol. The zero-order chi connectivity index (χ0) is 13.7. The van der Waals surface area contributed by atoms with E-state index in [2.05, 4.69) is 5.32 Å². The fraction of sp³-hybridized carbons (Fsp3) is 0.273. The van der Waals surface area contributed by atoms with Crippen LogP contribution in [0.1, 0.15) is 6.92 Å². The topological polar surface area (TPSA) is 75.6 Å². The van der Waals surface area contributed by atoms with Crippen molar-refractivity contribution in [2.45, 2.75) is 13.0 Å². The van der Waals surface area contributed by atoms with Crippen molar-refractivity contribution >= 4 is 35.1 Å². The summed E-state index contributed by atoms with van der Waals surface area (Å²) in [4.78, 5) is 21.6. The highest BCUT2D eigenvalue weighted by atomic mass is 35.5. The van der Waals surface area contributed by atoms with Gasteiger partial charge in [-0.3, -0.25) is 4.79 Å². The van der Waals surface area contributed by atoms with Crippen LogP contribution in [-0.2, 0) is 9.59 Å². The van der Waals surface area contributed by atoms with Crippen LogP contribution in [-0.4, -0.2) is 29.6 Å².